The number of carbonyl (C=O) groups excluding carboxylic acids is 1. The number of benzene rings is 2. The van der Waals surface area contributed by atoms with Gasteiger partial charge < -0.3 is 25.3 Å². The van der Waals surface area contributed by atoms with E-state index >= 15 is 0 Å². The van der Waals surface area contributed by atoms with Gasteiger partial charge in [-0.2, -0.15) is 0 Å². The van der Waals surface area contributed by atoms with E-state index in [1.165, 1.54) is 11.6 Å². The first-order valence-corrected chi connectivity index (χ1v) is 15.2. The lowest BCUT2D eigenvalue weighted by molar-refractivity contribution is -0.194. The molecule has 0 spiro atoms. The molecule has 2 aromatic carbocycles. The second kappa shape index (κ2) is 9.57. The van der Waals surface area contributed by atoms with Gasteiger partial charge in [0.05, 0.1) is 23.9 Å². The lowest BCUT2D eigenvalue weighted by Gasteiger charge is -2.54. The number of likely N-dealkylation sites (N-methyl/N-ethyl adjacent to an activating group) is 1. The lowest BCUT2D eigenvalue weighted by atomic mass is 9.51. The van der Waals surface area contributed by atoms with Gasteiger partial charge in [0.25, 0.3) is 0 Å². The van der Waals surface area contributed by atoms with E-state index < -0.39 is 41.0 Å². The van der Waals surface area contributed by atoms with Crippen molar-refractivity contribution in [3.8, 4) is 11.8 Å². The fraction of sp³-hybridized carbons (Fsp3) is 0.485. The highest BCUT2D eigenvalue weighted by atomic mass is 19.2. The number of hydrogen-bond acceptors (Lipinski definition) is 8. The number of fused-ring (bicyclic) bond motifs is 1. The Morgan fingerprint density at radius 3 is 2.61 bits per heavy atom. The van der Waals surface area contributed by atoms with Gasteiger partial charge in [-0.3, -0.25) is 15.1 Å². The third-order valence-electron chi connectivity index (χ3n) is 10.9. The maximum Gasteiger partial charge on any atom is 0.228 e. The van der Waals surface area contributed by atoms with E-state index in [4.69, 9.17) is 9.98 Å². The van der Waals surface area contributed by atoms with E-state index in [1.807, 2.05) is 35.0 Å². The van der Waals surface area contributed by atoms with Crippen LogP contribution >= 0.6 is 0 Å². The van der Waals surface area contributed by atoms with Gasteiger partial charge >= 0.3 is 0 Å². The van der Waals surface area contributed by atoms with Crippen LogP contribution in [0.5, 0.6) is 0 Å². The molecule has 2 bridgehead atoms. The Kier molecular flexibility index (Phi) is 6.02. The number of nitrogens with zero attached hydrogens (tertiary/aromatic N) is 4. The topological polar surface area (TPSA) is 113 Å². The molecule has 2 aliphatic heterocycles. The first kappa shape index (κ1) is 27.7. The average Bonchev–Trinajstić information content (AvgIpc) is 3.87. The molecule has 228 valence electrons. The highest BCUT2D eigenvalue weighted by Crippen LogP contribution is 2.72. The van der Waals surface area contributed by atoms with Gasteiger partial charge in [0.15, 0.2) is 23.6 Å². The lowest BCUT2D eigenvalue weighted by Crippen LogP contribution is -2.65. The molecule has 2 heterocycles. The van der Waals surface area contributed by atoms with Crippen LogP contribution in [0.1, 0.15) is 36.3 Å². The van der Waals surface area contributed by atoms with Crippen LogP contribution in [0.3, 0.4) is 0 Å². The van der Waals surface area contributed by atoms with Crippen molar-refractivity contribution >= 4 is 18.1 Å². The van der Waals surface area contributed by atoms with Gasteiger partial charge in [0, 0.05) is 37.5 Å². The van der Waals surface area contributed by atoms with E-state index in [0.29, 0.717) is 30.2 Å². The minimum absolute atomic E-state index is 0.119. The fourth-order valence-corrected chi connectivity index (χ4v) is 8.54. The third-order valence-corrected chi connectivity index (χ3v) is 10.9. The number of nitrogens with one attached hydrogen (secondary N) is 2. The van der Waals surface area contributed by atoms with Crippen molar-refractivity contribution in [3.63, 3.8) is 0 Å². The molecule has 5 fully saturated rings. The Bertz CT molecular complexity index is 1650. The number of amidine groups is 1. The van der Waals surface area contributed by atoms with Crippen LogP contribution in [0, 0.1) is 40.7 Å². The van der Waals surface area contributed by atoms with Gasteiger partial charge in [-0.25, -0.2) is 13.8 Å². The van der Waals surface area contributed by atoms with Gasteiger partial charge in [-0.1, -0.05) is 36.3 Å². The van der Waals surface area contributed by atoms with Crippen molar-refractivity contribution in [2.45, 2.75) is 67.3 Å². The number of aliphatic hydroxyl groups is 2. The molecule has 7 aliphatic rings. The van der Waals surface area contributed by atoms with Crippen molar-refractivity contribution in [1.29, 1.82) is 0 Å². The van der Waals surface area contributed by atoms with Crippen LogP contribution in [-0.2, 0) is 4.79 Å². The van der Waals surface area contributed by atoms with Crippen molar-refractivity contribution in [2.75, 3.05) is 14.1 Å². The van der Waals surface area contributed by atoms with Crippen molar-refractivity contribution in [2.24, 2.45) is 27.2 Å². The summed E-state index contributed by atoms with van der Waals surface area (Å²) in [5.74, 6) is 4.60. The Balaban J connectivity index is 1.10. The second-order valence-corrected chi connectivity index (χ2v) is 13.2. The maximum absolute atomic E-state index is 13.9. The van der Waals surface area contributed by atoms with Crippen molar-refractivity contribution in [3.05, 3.63) is 71.3 Å². The summed E-state index contributed by atoms with van der Waals surface area (Å²) in [6.07, 6.45) is 1.81. The number of aliphatic hydroxyl groups excluding tert-OH is 1. The van der Waals surface area contributed by atoms with Gasteiger partial charge in [-0.05, 0) is 54.9 Å². The van der Waals surface area contributed by atoms with Crippen LogP contribution in [0.15, 0.2) is 58.5 Å². The summed E-state index contributed by atoms with van der Waals surface area (Å²) in [7, 11) is 3.45. The molecular weight excluding hydrogens is 566 g/mol. The second-order valence-electron chi connectivity index (χ2n) is 13.2. The number of hydrogen-bond donors (Lipinski definition) is 4. The molecule has 5 saturated carbocycles. The normalized spacial score (nSPS) is 40.6. The Morgan fingerprint density at radius 1 is 1.11 bits per heavy atom. The zero-order valence-corrected chi connectivity index (χ0v) is 24.4. The summed E-state index contributed by atoms with van der Waals surface area (Å²) in [5, 5.41) is 29.7. The van der Waals surface area contributed by atoms with E-state index in [2.05, 4.69) is 34.6 Å². The summed E-state index contributed by atoms with van der Waals surface area (Å²) in [6.45, 7) is 0. The van der Waals surface area contributed by atoms with E-state index in [0.717, 1.165) is 18.6 Å². The smallest absolute Gasteiger partial charge is 0.228 e. The van der Waals surface area contributed by atoms with E-state index in [-0.39, 0.29) is 36.0 Å². The van der Waals surface area contributed by atoms with Crippen LogP contribution in [0.25, 0.3) is 0 Å². The molecule has 9 atom stereocenters. The van der Waals surface area contributed by atoms with Crippen molar-refractivity contribution < 1.29 is 23.8 Å². The molecule has 11 heteroatoms. The first-order valence-electron chi connectivity index (χ1n) is 15.2. The zero-order valence-electron chi connectivity index (χ0n) is 24.4. The molecule has 5 aliphatic carbocycles. The Morgan fingerprint density at radius 2 is 1.89 bits per heavy atom. The number of amides is 1. The van der Waals surface area contributed by atoms with Gasteiger partial charge in [-0.15, -0.1) is 0 Å². The summed E-state index contributed by atoms with van der Waals surface area (Å²) < 4.78 is 27.4. The fourth-order valence-electron chi connectivity index (χ4n) is 8.54. The summed E-state index contributed by atoms with van der Waals surface area (Å²) in [5.41, 5.74) is -0.828. The highest BCUT2D eigenvalue weighted by molar-refractivity contribution is 6.00. The van der Waals surface area contributed by atoms with E-state index in [9.17, 15) is 23.8 Å². The largest absolute Gasteiger partial charge is 0.389 e. The summed E-state index contributed by atoms with van der Waals surface area (Å²) in [4.78, 5) is 26.5. The van der Waals surface area contributed by atoms with Crippen LogP contribution < -0.4 is 10.6 Å². The minimum Gasteiger partial charge on any atom is -0.389 e. The molecule has 0 radical (unpaired) electrons. The monoisotopic (exact) mass is 600 g/mol. The molecule has 2 aromatic rings. The van der Waals surface area contributed by atoms with Gasteiger partial charge in [0.1, 0.15) is 17.8 Å². The molecule has 9 nitrogen and oxygen atoms in total. The summed E-state index contributed by atoms with van der Waals surface area (Å²) in [6, 6.07) is 13.3. The Labute approximate surface area is 254 Å². The zero-order chi connectivity index (χ0) is 30.5. The molecule has 44 heavy (non-hydrogen) atoms. The van der Waals surface area contributed by atoms with Crippen LogP contribution in [0.2, 0.25) is 0 Å². The molecule has 4 N–H and O–H groups in total. The standard InChI is InChI=1S/C33H34F2N6O3/c1-36-31(43)32-14-19(15-32)25-27(33(25,44)30(32)42)41-16-37-26-28(38-23-13-20(23)18-6-4-3-5-7-18)40(2)24(39-29(26)41)11-9-17-8-10-21(34)22(35)12-17/h3-8,10,12,16,19-20,23,25-30,38,42,44H,13-15H2,1-2H3,(H,36,43). The minimum atomic E-state index is -1.44. The van der Waals surface area contributed by atoms with E-state index in [1.54, 1.807) is 13.4 Å². The maximum atomic E-state index is 13.9. The molecule has 9 unspecified atom stereocenters. The van der Waals surface area contributed by atoms with Crippen molar-refractivity contribution in [1.82, 2.24) is 20.4 Å². The number of halogens is 2. The average molecular weight is 601 g/mol. The van der Waals surface area contributed by atoms with Crippen LogP contribution in [-0.4, -0.2) is 94.4 Å². The Hall–Kier alpha value is -3.85. The molecule has 0 aromatic heterocycles. The van der Waals surface area contributed by atoms with Crippen LogP contribution in [0.4, 0.5) is 8.78 Å². The number of aliphatic imine (C=N–C) groups is 2. The predicted octanol–water partition coefficient (Wildman–Crippen LogP) is 1.42. The molecular formula is C33H34F2N6O3. The van der Waals surface area contributed by atoms with Gasteiger partial charge in [0.2, 0.25) is 5.91 Å². The summed E-state index contributed by atoms with van der Waals surface area (Å²) >= 11 is 0. The molecule has 9 rings (SSSR count). The number of rotatable bonds is 5. The molecule has 1 amide bonds. The first-order chi connectivity index (χ1) is 21.2. The SMILES string of the molecule is CNC(=O)C12CC(C1)C1C(N3C=NC4C(NC5CC5c5ccccc5)N(C)C(C#Cc5ccc(F)c(F)c5)=NC43)C1(O)C2O. The number of carbonyl (C=O) groups is 1. The quantitative estimate of drug-likeness (QED) is 0.387. The predicted molar refractivity (Wildman–Crippen MR) is 158 cm³/mol. The third kappa shape index (κ3) is 3.84. The highest BCUT2D eigenvalue weighted by Gasteiger charge is 2.84. The molecule has 0 saturated heterocycles.